The second kappa shape index (κ2) is 14.8. The fourth-order valence-corrected chi connectivity index (χ4v) is 6.11. The zero-order valence-corrected chi connectivity index (χ0v) is 25.9. The molecular formula is C31H41Cl2N5O4. The third kappa shape index (κ3) is 7.88. The van der Waals surface area contributed by atoms with Crippen LogP contribution in [0.5, 0.6) is 5.75 Å². The second-order valence-electron chi connectivity index (χ2n) is 11.2. The maximum Gasteiger partial charge on any atom is 0.248 e. The van der Waals surface area contributed by atoms with Gasteiger partial charge in [-0.25, -0.2) is 0 Å². The second-order valence-corrected chi connectivity index (χ2v) is 12.0. The average molecular weight is 619 g/mol. The molecule has 228 valence electrons. The Labute approximate surface area is 258 Å². The van der Waals surface area contributed by atoms with Crippen LogP contribution in [0, 0.1) is 0 Å². The third-order valence-corrected chi connectivity index (χ3v) is 9.15. The van der Waals surface area contributed by atoms with Crippen LogP contribution in [-0.2, 0) is 20.7 Å². The predicted octanol–water partition coefficient (Wildman–Crippen LogP) is 4.00. The summed E-state index contributed by atoms with van der Waals surface area (Å²) in [5.41, 5.74) is 2.91. The highest BCUT2D eigenvalue weighted by Crippen LogP contribution is 2.33. The maximum absolute atomic E-state index is 12.7. The first-order valence-corrected chi connectivity index (χ1v) is 15.7. The molecule has 11 heteroatoms. The number of carbonyl (C=O) groups is 2. The molecule has 0 aliphatic carbocycles. The Kier molecular flexibility index (Phi) is 10.8. The third-order valence-electron chi connectivity index (χ3n) is 8.34. The van der Waals surface area contributed by atoms with E-state index in [2.05, 4.69) is 21.7 Å². The zero-order valence-electron chi connectivity index (χ0n) is 24.4. The summed E-state index contributed by atoms with van der Waals surface area (Å²) in [6.45, 7) is 8.65. The molecule has 0 spiro atoms. The van der Waals surface area contributed by atoms with Crippen LogP contribution < -0.4 is 14.5 Å². The molecule has 3 aliphatic rings. The number of rotatable bonds is 11. The standard InChI is InChI=1S/C31H41Cl2N5O4/c1-34-12-16-37(17-13-34)30(40)22-41-23-38-28-21-25(9-7-24(28)8-10-29(38)39)42-20-3-2-11-35-14-18-36(19-15-35)27-6-4-5-26(32)31(27)33/h4-7,9,21H,2-3,8,10-20,22-23H2,1H3. The molecule has 0 bridgehead atoms. The Morgan fingerprint density at radius 1 is 0.905 bits per heavy atom. The van der Waals surface area contributed by atoms with Gasteiger partial charge in [-0.1, -0.05) is 35.3 Å². The number of anilines is 2. The first-order chi connectivity index (χ1) is 20.4. The molecule has 42 heavy (non-hydrogen) atoms. The Balaban J connectivity index is 1.03. The number of benzene rings is 2. The predicted molar refractivity (Wildman–Crippen MR) is 167 cm³/mol. The highest BCUT2D eigenvalue weighted by Gasteiger charge is 2.26. The number of carbonyl (C=O) groups excluding carboxylic acids is 2. The van der Waals surface area contributed by atoms with E-state index in [-0.39, 0.29) is 25.2 Å². The van der Waals surface area contributed by atoms with Gasteiger partial charge in [-0.15, -0.1) is 0 Å². The molecule has 2 amide bonds. The van der Waals surface area contributed by atoms with Crippen molar-refractivity contribution in [3.8, 4) is 5.75 Å². The quantitative estimate of drug-likeness (QED) is 0.353. The number of likely N-dealkylation sites (N-methyl/N-ethyl adjacent to an activating group) is 1. The minimum Gasteiger partial charge on any atom is -0.494 e. The van der Waals surface area contributed by atoms with E-state index in [1.54, 1.807) is 4.90 Å². The highest BCUT2D eigenvalue weighted by molar-refractivity contribution is 6.43. The van der Waals surface area contributed by atoms with E-state index in [0.29, 0.717) is 42.6 Å². The molecule has 3 aliphatic heterocycles. The molecule has 0 radical (unpaired) electrons. The Morgan fingerprint density at radius 3 is 2.48 bits per heavy atom. The van der Waals surface area contributed by atoms with Gasteiger partial charge in [-0.2, -0.15) is 0 Å². The molecule has 3 heterocycles. The van der Waals surface area contributed by atoms with Crippen molar-refractivity contribution in [3.63, 3.8) is 0 Å². The Morgan fingerprint density at radius 2 is 1.69 bits per heavy atom. The Hall–Kier alpha value is -2.56. The van der Waals surface area contributed by atoms with Crippen LogP contribution in [0.4, 0.5) is 11.4 Å². The lowest BCUT2D eigenvalue weighted by molar-refractivity contribution is -0.138. The van der Waals surface area contributed by atoms with Crippen molar-refractivity contribution in [2.75, 3.05) is 95.7 Å². The molecule has 0 unspecified atom stereocenters. The van der Waals surface area contributed by atoms with E-state index in [1.165, 1.54) is 0 Å². The minimum atomic E-state index is -0.0303. The van der Waals surface area contributed by atoms with Gasteiger partial charge in [-0.05, 0) is 56.6 Å². The van der Waals surface area contributed by atoms with Gasteiger partial charge in [0.1, 0.15) is 19.1 Å². The van der Waals surface area contributed by atoms with Crippen LogP contribution in [0.2, 0.25) is 10.0 Å². The summed E-state index contributed by atoms with van der Waals surface area (Å²) in [4.78, 5) is 35.7. The number of piperazine rings is 2. The topological polar surface area (TPSA) is 68.8 Å². The summed E-state index contributed by atoms with van der Waals surface area (Å²) in [6.07, 6.45) is 3.12. The summed E-state index contributed by atoms with van der Waals surface area (Å²) in [5.74, 6) is 0.718. The normalized spacial score (nSPS) is 18.4. The number of hydrogen-bond donors (Lipinski definition) is 0. The van der Waals surface area contributed by atoms with Crippen molar-refractivity contribution in [3.05, 3.63) is 52.0 Å². The van der Waals surface area contributed by atoms with Crippen molar-refractivity contribution in [1.29, 1.82) is 0 Å². The molecule has 9 nitrogen and oxygen atoms in total. The van der Waals surface area contributed by atoms with Crippen molar-refractivity contribution in [1.82, 2.24) is 14.7 Å². The monoisotopic (exact) mass is 617 g/mol. The highest BCUT2D eigenvalue weighted by atomic mass is 35.5. The van der Waals surface area contributed by atoms with Crippen LogP contribution in [0.25, 0.3) is 0 Å². The smallest absolute Gasteiger partial charge is 0.248 e. The average Bonchev–Trinajstić information content (AvgIpc) is 3.00. The number of fused-ring (bicyclic) bond motifs is 1. The van der Waals surface area contributed by atoms with E-state index in [9.17, 15) is 9.59 Å². The van der Waals surface area contributed by atoms with Crippen molar-refractivity contribution in [2.45, 2.75) is 25.7 Å². The summed E-state index contributed by atoms with van der Waals surface area (Å²) < 4.78 is 11.8. The van der Waals surface area contributed by atoms with Gasteiger partial charge in [0.25, 0.3) is 0 Å². The number of ether oxygens (including phenoxy) is 2. The number of unbranched alkanes of at least 4 members (excludes halogenated alkanes) is 1. The molecule has 2 fully saturated rings. The Bertz CT molecular complexity index is 1230. The lowest BCUT2D eigenvalue weighted by Gasteiger charge is -2.36. The number of hydrogen-bond acceptors (Lipinski definition) is 7. The van der Waals surface area contributed by atoms with E-state index in [1.807, 2.05) is 41.3 Å². The fraction of sp³-hybridized carbons (Fsp3) is 0.548. The molecule has 0 saturated carbocycles. The zero-order chi connectivity index (χ0) is 29.5. The molecule has 0 aromatic heterocycles. The van der Waals surface area contributed by atoms with Gasteiger partial charge >= 0.3 is 0 Å². The first kappa shape index (κ1) is 30.9. The van der Waals surface area contributed by atoms with Crippen molar-refractivity contribution < 1.29 is 19.1 Å². The SMILES string of the molecule is CN1CCN(C(=O)COCN2C(=O)CCc3ccc(OCCCCN4CCN(c5cccc(Cl)c5Cl)CC4)cc32)CC1. The van der Waals surface area contributed by atoms with E-state index in [4.69, 9.17) is 32.7 Å². The molecular weight excluding hydrogens is 577 g/mol. The van der Waals surface area contributed by atoms with Crippen molar-refractivity contribution in [2.24, 2.45) is 0 Å². The largest absolute Gasteiger partial charge is 0.494 e. The molecule has 2 saturated heterocycles. The molecule has 0 N–H and O–H groups in total. The van der Waals surface area contributed by atoms with E-state index < -0.39 is 0 Å². The lowest BCUT2D eigenvalue weighted by atomic mass is 10.0. The molecule has 0 atom stereocenters. The number of halogens is 2. The minimum absolute atomic E-state index is 0.00410. The van der Waals surface area contributed by atoms with E-state index in [0.717, 1.165) is 81.3 Å². The molecule has 2 aromatic rings. The van der Waals surface area contributed by atoms with Crippen LogP contribution in [0.1, 0.15) is 24.8 Å². The number of nitrogens with zero attached hydrogens (tertiary/aromatic N) is 5. The van der Waals surface area contributed by atoms with Crippen LogP contribution >= 0.6 is 23.2 Å². The first-order valence-electron chi connectivity index (χ1n) is 14.9. The molecule has 2 aromatic carbocycles. The van der Waals surface area contributed by atoms with Gasteiger partial charge in [0, 0.05) is 64.8 Å². The fourth-order valence-electron chi connectivity index (χ4n) is 5.70. The van der Waals surface area contributed by atoms with E-state index >= 15 is 0 Å². The van der Waals surface area contributed by atoms with Gasteiger partial charge in [0.05, 0.1) is 28.0 Å². The van der Waals surface area contributed by atoms with Crippen LogP contribution in [0.3, 0.4) is 0 Å². The van der Waals surface area contributed by atoms with Crippen molar-refractivity contribution >= 4 is 46.4 Å². The van der Waals surface area contributed by atoms with Gasteiger partial charge in [0.15, 0.2) is 0 Å². The summed E-state index contributed by atoms with van der Waals surface area (Å²) in [5, 5.41) is 1.22. The van der Waals surface area contributed by atoms with Gasteiger partial charge in [-0.3, -0.25) is 19.4 Å². The number of amides is 2. The summed E-state index contributed by atoms with van der Waals surface area (Å²) in [6, 6.07) is 11.7. The van der Waals surface area contributed by atoms with Gasteiger partial charge in [0.2, 0.25) is 11.8 Å². The number of aryl methyl sites for hydroxylation is 1. The maximum atomic E-state index is 12.7. The lowest BCUT2D eigenvalue weighted by Crippen LogP contribution is -2.48. The van der Waals surface area contributed by atoms with Crippen LogP contribution in [0.15, 0.2) is 36.4 Å². The molecule has 5 rings (SSSR count). The van der Waals surface area contributed by atoms with Gasteiger partial charge < -0.3 is 24.2 Å². The summed E-state index contributed by atoms with van der Waals surface area (Å²) in [7, 11) is 2.06. The van der Waals surface area contributed by atoms with Crippen LogP contribution in [-0.4, -0.2) is 112 Å². The summed E-state index contributed by atoms with van der Waals surface area (Å²) >= 11 is 12.6.